The fourth-order valence-electron chi connectivity index (χ4n) is 1.90. The lowest BCUT2D eigenvalue weighted by Crippen LogP contribution is -2.20. The molecule has 0 saturated carbocycles. The van der Waals surface area contributed by atoms with Crippen LogP contribution < -0.4 is 5.32 Å². The Morgan fingerprint density at radius 3 is 3.00 bits per heavy atom. The summed E-state index contributed by atoms with van der Waals surface area (Å²) in [6.45, 7) is 2.40. The van der Waals surface area contributed by atoms with Crippen molar-refractivity contribution in [1.82, 2.24) is 10.3 Å². The van der Waals surface area contributed by atoms with E-state index in [9.17, 15) is 4.39 Å². The highest BCUT2D eigenvalue weighted by molar-refractivity contribution is 9.10. The molecule has 21 heavy (non-hydrogen) atoms. The van der Waals surface area contributed by atoms with Crippen LogP contribution in [0.2, 0.25) is 0 Å². The van der Waals surface area contributed by atoms with Gasteiger partial charge in [-0.3, -0.25) is 0 Å². The molecule has 2 aromatic rings. The molecule has 0 bridgehead atoms. The highest BCUT2D eigenvalue weighted by atomic mass is 79.9. The summed E-state index contributed by atoms with van der Waals surface area (Å²) >= 11 is 3.23. The van der Waals surface area contributed by atoms with Crippen LogP contribution in [0.4, 0.5) is 4.39 Å². The number of oxazole rings is 1. The Kier molecular flexibility index (Phi) is 6.35. The first-order valence-electron chi connectivity index (χ1n) is 6.80. The van der Waals surface area contributed by atoms with Crippen LogP contribution in [-0.2, 0) is 11.2 Å². The number of hydrogen-bond donors (Lipinski definition) is 1. The van der Waals surface area contributed by atoms with Crippen molar-refractivity contribution >= 4 is 15.9 Å². The van der Waals surface area contributed by atoms with Gasteiger partial charge in [-0.25, -0.2) is 9.37 Å². The predicted octanol–water partition coefficient (Wildman–Crippen LogP) is 3.41. The maximum absolute atomic E-state index is 13.8. The smallest absolute Gasteiger partial charge is 0.194 e. The third-order valence-electron chi connectivity index (χ3n) is 2.98. The number of nitrogens with zero attached hydrogens (tertiary/aromatic N) is 1. The number of nitrogens with one attached hydrogen (secondary N) is 1. The average Bonchev–Trinajstić information content (AvgIpc) is 2.91. The van der Waals surface area contributed by atoms with E-state index in [4.69, 9.17) is 9.15 Å². The Morgan fingerprint density at radius 2 is 2.24 bits per heavy atom. The van der Waals surface area contributed by atoms with E-state index >= 15 is 0 Å². The number of aromatic nitrogens is 1. The molecular weight excluding hydrogens is 339 g/mol. The molecule has 0 aliphatic heterocycles. The lowest BCUT2D eigenvalue weighted by atomic mass is 10.2. The molecule has 1 heterocycles. The first kappa shape index (κ1) is 16.1. The van der Waals surface area contributed by atoms with Crippen molar-refractivity contribution in [3.05, 3.63) is 40.6 Å². The zero-order valence-corrected chi connectivity index (χ0v) is 13.5. The van der Waals surface area contributed by atoms with Gasteiger partial charge >= 0.3 is 0 Å². The van der Waals surface area contributed by atoms with Crippen molar-refractivity contribution in [2.45, 2.75) is 12.8 Å². The number of rotatable bonds is 8. The Morgan fingerprint density at radius 1 is 1.38 bits per heavy atom. The molecule has 1 aromatic carbocycles. The van der Waals surface area contributed by atoms with Crippen LogP contribution in [0.15, 0.2) is 33.3 Å². The number of benzene rings is 1. The highest BCUT2D eigenvalue weighted by Crippen LogP contribution is 2.26. The molecule has 6 heteroatoms. The highest BCUT2D eigenvalue weighted by Gasteiger charge is 2.11. The van der Waals surface area contributed by atoms with Gasteiger partial charge in [0.25, 0.3) is 0 Å². The quantitative estimate of drug-likeness (QED) is 0.736. The molecule has 0 unspecified atom stereocenters. The van der Waals surface area contributed by atoms with Crippen LogP contribution in [0.25, 0.3) is 11.3 Å². The van der Waals surface area contributed by atoms with E-state index < -0.39 is 0 Å². The van der Waals surface area contributed by atoms with Crippen molar-refractivity contribution in [2.75, 3.05) is 26.8 Å². The number of aryl methyl sites for hydroxylation is 1. The number of hydrogen-bond acceptors (Lipinski definition) is 4. The summed E-state index contributed by atoms with van der Waals surface area (Å²) in [5, 5.41) is 3.25. The minimum atomic E-state index is -0.326. The molecule has 2 rings (SSSR count). The monoisotopic (exact) mass is 356 g/mol. The molecule has 1 aromatic heterocycles. The van der Waals surface area contributed by atoms with Crippen LogP contribution in [0.1, 0.15) is 12.3 Å². The van der Waals surface area contributed by atoms with Crippen molar-refractivity contribution in [1.29, 1.82) is 0 Å². The SMILES string of the molecule is COCCNCCCc1ncc(-c2ccc(Br)cc2F)o1. The topological polar surface area (TPSA) is 47.3 Å². The second-order valence-corrected chi connectivity index (χ2v) is 5.50. The molecule has 0 spiro atoms. The van der Waals surface area contributed by atoms with Crippen LogP contribution in [0.5, 0.6) is 0 Å². The molecular formula is C15H18BrFN2O2. The summed E-state index contributed by atoms with van der Waals surface area (Å²) in [5.74, 6) is 0.761. The lowest BCUT2D eigenvalue weighted by Gasteiger charge is -2.02. The lowest BCUT2D eigenvalue weighted by molar-refractivity contribution is 0.199. The molecule has 0 fully saturated rings. The molecule has 0 aliphatic carbocycles. The van der Waals surface area contributed by atoms with E-state index in [2.05, 4.69) is 26.2 Å². The van der Waals surface area contributed by atoms with Crippen molar-refractivity contribution in [2.24, 2.45) is 0 Å². The van der Waals surface area contributed by atoms with Gasteiger partial charge in [0.15, 0.2) is 11.7 Å². The molecule has 0 amide bonds. The van der Waals surface area contributed by atoms with E-state index in [0.717, 1.165) is 25.9 Å². The van der Waals surface area contributed by atoms with Gasteiger partial charge in [-0.05, 0) is 31.2 Å². The van der Waals surface area contributed by atoms with Crippen LogP contribution >= 0.6 is 15.9 Å². The molecule has 1 N–H and O–H groups in total. The van der Waals surface area contributed by atoms with E-state index in [1.807, 2.05) is 0 Å². The van der Waals surface area contributed by atoms with Crippen molar-refractivity contribution in [3.63, 3.8) is 0 Å². The van der Waals surface area contributed by atoms with Crippen LogP contribution in [0, 0.1) is 5.82 Å². The van der Waals surface area contributed by atoms with E-state index in [1.54, 1.807) is 25.4 Å². The summed E-state index contributed by atoms with van der Waals surface area (Å²) in [6.07, 6.45) is 3.20. The molecule has 4 nitrogen and oxygen atoms in total. The van der Waals surface area contributed by atoms with Gasteiger partial charge in [0.1, 0.15) is 5.82 Å². The molecule has 114 valence electrons. The fraction of sp³-hybridized carbons (Fsp3) is 0.400. The normalized spacial score (nSPS) is 11.0. The van der Waals surface area contributed by atoms with E-state index in [-0.39, 0.29) is 5.82 Å². The maximum Gasteiger partial charge on any atom is 0.194 e. The first-order valence-corrected chi connectivity index (χ1v) is 7.60. The van der Waals surface area contributed by atoms with Gasteiger partial charge in [-0.2, -0.15) is 0 Å². The zero-order chi connectivity index (χ0) is 15.1. The zero-order valence-electron chi connectivity index (χ0n) is 11.9. The minimum Gasteiger partial charge on any atom is -0.441 e. The van der Waals surface area contributed by atoms with Gasteiger partial charge in [-0.15, -0.1) is 0 Å². The Balaban J connectivity index is 1.86. The average molecular weight is 357 g/mol. The number of halogens is 2. The van der Waals surface area contributed by atoms with E-state index in [1.165, 1.54) is 6.07 Å². The summed E-state index contributed by atoms with van der Waals surface area (Å²) in [6, 6.07) is 4.87. The van der Waals surface area contributed by atoms with Gasteiger partial charge in [0, 0.05) is 24.5 Å². The minimum absolute atomic E-state index is 0.326. The van der Waals surface area contributed by atoms with Gasteiger partial charge in [0.05, 0.1) is 18.4 Å². The Hall–Kier alpha value is -1.24. The first-order chi connectivity index (χ1) is 10.2. The second kappa shape index (κ2) is 8.26. The summed E-state index contributed by atoms with van der Waals surface area (Å²) in [5.41, 5.74) is 0.426. The Bertz CT molecular complexity index is 575. The Labute approximate surface area is 131 Å². The van der Waals surface area contributed by atoms with Gasteiger partial charge in [-0.1, -0.05) is 15.9 Å². The standard InChI is InChI=1S/C15H18BrFN2O2/c1-20-8-7-18-6-2-3-15-19-10-14(21-15)12-5-4-11(16)9-13(12)17/h4-5,9-10,18H,2-3,6-8H2,1H3. The second-order valence-electron chi connectivity index (χ2n) is 4.59. The van der Waals surface area contributed by atoms with Crippen LogP contribution in [0.3, 0.4) is 0 Å². The van der Waals surface area contributed by atoms with Crippen molar-refractivity contribution in [3.8, 4) is 11.3 Å². The van der Waals surface area contributed by atoms with Gasteiger partial charge in [0.2, 0.25) is 0 Å². The third kappa shape index (κ3) is 4.91. The molecule has 0 radical (unpaired) electrons. The molecule has 0 atom stereocenters. The summed E-state index contributed by atoms with van der Waals surface area (Å²) in [7, 11) is 1.68. The molecule has 0 saturated heterocycles. The number of methoxy groups -OCH3 is 1. The van der Waals surface area contributed by atoms with Crippen LogP contribution in [-0.4, -0.2) is 31.8 Å². The third-order valence-corrected chi connectivity index (χ3v) is 3.47. The van der Waals surface area contributed by atoms with Gasteiger partial charge < -0.3 is 14.5 Å². The molecule has 0 aliphatic rings. The largest absolute Gasteiger partial charge is 0.441 e. The maximum atomic E-state index is 13.8. The van der Waals surface area contributed by atoms with E-state index in [0.29, 0.717) is 28.3 Å². The predicted molar refractivity (Wildman–Crippen MR) is 82.7 cm³/mol. The van der Waals surface area contributed by atoms with Crippen molar-refractivity contribution < 1.29 is 13.5 Å². The fourth-order valence-corrected chi connectivity index (χ4v) is 2.24. The summed E-state index contributed by atoms with van der Waals surface area (Å²) in [4.78, 5) is 4.19. The summed E-state index contributed by atoms with van der Waals surface area (Å²) < 4.78 is 25.1. The number of ether oxygens (including phenoxy) is 1.